The second-order valence-corrected chi connectivity index (χ2v) is 6.23. The number of hydrogen-bond donors (Lipinski definition) is 2. The topological polar surface area (TPSA) is 72.9 Å². The molecule has 2 aliphatic heterocycles. The first-order valence-electron chi connectivity index (χ1n) is 8.08. The zero-order chi connectivity index (χ0) is 15.2. The van der Waals surface area contributed by atoms with Crippen LogP contribution < -0.4 is 5.32 Å². The lowest BCUT2D eigenvalue weighted by Gasteiger charge is -2.36. The standard InChI is InChI=1S/C15H27N3O3/c1-2-17-7-4-6-13(11-17)16-15(21)18-8-3-5-12(10-18)9-14(19)20/h12-13H,2-11H2,1H3,(H,16,21)(H,19,20). The van der Waals surface area contributed by atoms with Crippen molar-refractivity contribution in [1.82, 2.24) is 15.1 Å². The highest BCUT2D eigenvalue weighted by atomic mass is 16.4. The minimum absolute atomic E-state index is 0.0203. The maximum atomic E-state index is 12.3. The molecule has 6 nitrogen and oxygen atoms in total. The highest BCUT2D eigenvalue weighted by molar-refractivity contribution is 5.75. The number of carboxylic acids is 1. The number of rotatable bonds is 4. The van der Waals surface area contributed by atoms with E-state index in [0.29, 0.717) is 6.54 Å². The molecule has 0 aliphatic carbocycles. The van der Waals surface area contributed by atoms with Gasteiger partial charge in [0.1, 0.15) is 0 Å². The fourth-order valence-electron chi connectivity index (χ4n) is 3.39. The predicted molar refractivity (Wildman–Crippen MR) is 80.2 cm³/mol. The number of carboxylic acid groups (broad SMARTS) is 1. The van der Waals surface area contributed by atoms with Gasteiger partial charge >= 0.3 is 12.0 Å². The lowest BCUT2D eigenvalue weighted by atomic mass is 9.95. The Balaban J connectivity index is 1.80. The molecule has 2 N–H and O–H groups in total. The van der Waals surface area contributed by atoms with E-state index >= 15 is 0 Å². The zero-order valence-electron chi connectivity index (χ0n) is 12.9. The number of likely N-dealkylation sites (tertiary alicyclic amines) is 2. The molecular formula is C15H27N3O3. The quantitative estimate of drug-likeness (QED) is 0.822. The number of urea groups is 1. The second-order valence-electron chi connectivity index (χ2n) is 6.23. The SMILES string of the molecule is CCN1CCCC(NC(=O)N2CCCC(CC(=O)O)C2)C1. The smallest absolute Gasteiger partial charge is 0.317 e. The van der Waals surface area contributed by atoms with Crippen LogP contribution in [0.4, 0.5) is 4.79 Å². The number of aliphatic carboxylic acids is 1. The number of amides is 2. The van der Waals surface area contributed by atoms with Gasteiger partial charge < -0.3 is 20.2 Å². The molecule has 2 saturated heterocycles. The van der Waals surface area contributed by atoms with Crippen LogP contribution >= 0.6 is 0 Å². The number of carbonyl (C=O) groups excluding carboxylic acids is 1. The minimum atomic E-state index is -0.770. The first-order chi connectivity index (χ1) is 10.1. The molecule has 2 fully saturated rings. The van der Waals surface area contributed by atoms with E-state index in [1.807, 2.05) is 0 Å². The van der Waals surface area contributed by atoms with E-state index in [-0.39, 0.29) is 24.4 Å². The highest BCUT2D eigenvalue weighted by Gasteiger charge is 2.27. The Morgan fingerprint density at radius 1 is 1.19 bits per heavy atom. The van der Waals surface area contributed by atoms with Crippen molar-refractivity contribution in [2.24, 2.45) is 5.92 Å². The van der Waals surface area contributed by atoms with Crippen LogP contribution in [0.1, 0.15) is 39.0 Å². The van der Waals surface area contributed by atoms with Gasteiger partial charge in [-0.3, -0.25) is 4.79 Å². The van der Waals surface area contributed by atoms with Crippen molar-refractivity contribution in [3.05, 3.63) is 0 Å². The molecule has 0 aromatic carbocycles. The zero-order valence-corrected chi connectivity index (χ0v) is 12.9. The molecule has 0 radical (unpaired) electrons. The van der Waals surface area contributed by atoms with E-state index in [1.165, 1.54) is 0 Å². The van der Waals surface area contributed by atoms with E-state index < -0.39 is 5.97 Å². The van der Waals surface area contributed by atoms with Crippen LogP contribution in [-0.2, 0) is 4.79 Å². The van der Waals surface area contributed by atoms with Crippen LogP contribution in [0.2, 0.25) is 0 Å². The average Bonchev–Trinajstić information content (AvgIpc) is 2.47. The number of nitrogens with one attached hydrogen (secondary N) is 1. The molecule has 6 heteroatoms. The summed E-state index contributed by atoms with van der Waals surface area (Å²) in [6.07, 6.45) is 4.13. The Kier molecular flexibility index (Phi) is 5.85. The summed E-state index contributed by atoms with van der Waals surface area (Å²) in [6.45, 7) is 6.53. The van der Waals surface area contributed by atoms with Gasteiger partial charge in [0, 0.05) is 32.1 Å². The van der Waals surface area contributed by atoms with Gasteiger partial charge in [-0.2, -0.15) is 0 Å². The lowest BCUT2D eigenvalue weighted by molar-refractivity contribution is -0.138. The number of piperidine rings is 2. The molecule has 2 heterocycles. The maximum Gasteiger partial charge on any atom is 0.317 e. The van der Waals surface area contributed by atoms with E-state index in [2.05, 4.69) is 17.1 Å². The molecule has 2 atom stereocenters. The van der Waals surface area contributed by atoms with Gasteiger partial charge in [0.25, 0.3) is 0 Å². The summed E-state index contributed by atoms with van der Waals surface area (Å²) in [5, 5.41) is 12.0. The van der Waals surface area contributed by atoms with Crippen LogP contribution in [0.5, 0.6) is 0 Å². The van der Waals surface area contributed by atoms with Gasteiger partial charge in [-0.25, -0.2) is 4.79 Å². The Bertz CT molecular complexity index is 375. The van der Waals surface area contributed by atoms with Crippen molar-refractivity contribution in [1.29, 1.82) is 0 Å². The summed E-state index contributed by atoms with van der Waals surface area (Å²) in [6, 6.07) is 0.207. The van der Waals surface area contributed by atoms with Gasteiger partial charge in [-0.1, -0.05) is 6.92 Å². The third-order valence-electron chi connectivity index (χ3n) is 4.55. The maximum absolute atomic E-state index is 12.3. The third kappa shape index (κ3) is 4.88. The Labute approximate surface area is 126 Å². The minimum Gasteiger partial charge on any atom is -0.481 e. The Morgan fingerprint density at radius 2 is 1.95 bits per heavy atom. The number of carbonyl (C=O) groups is 2. The van der Waals surface area contributed by atoms with E-state index in [0.717, 1.165) is 51.9 Å². The summed E-state index contributed by atoms with van der Waals surface area (Å²) in [4.78, 5) is 27.3. The summed E-state index contributed by atoms with van der Waals surface area (Å²) in [5.74, 6) is -0.673. The van der Waals surface area contributed by atoms with Crippen molar-refractivity contribution < 1.29 is 14.7 Å². The predicted octanol–water partition coefficient (Wildman–Crippen LogP) is 1.37. The third-order valence-corrected chi connectivity index (χ3v) is 4.55. The molecule has 0 bridgehead atoms. The summed E-state index contributed by atoms with van der Waals surface area (Å²) in [7, 11) is 0. The van der Waals surface area contributed by atoms with Crippen LogP contribution in [0, 0.1) is 5.92 Å². The normalized spacial score (nSPS) is 27.4. The number of nitrogens with zero attached hydrogens (tertiary/aromatic N) is 2. The van der Waals surface area contributed by atoms with Crippen molar-refractivity contribution in [3.8, 4) is 0 Å². The molecule has 21 heavy (non-hydrogen) atoms. The molecule has 2 aliphatic rings. The molecule has 2 unspecified atom stereocenters. The van der Waals surface area contributed by atoms with Gasteiger partial charge in [-0.05, 0) is 44.7 Å². The van der Waals surface area contributed by atoms with Crippen LogP contribution in [0.15, 0.2) is 0 Å². The Hall–Kier alpha value is -1.30. The molecular weight excluding hydrogens is 270 g/mol. The highest BCUT2D eigenvalue weighted by Crippen LogP contribution is 2.20. The number of hydrogen-bond acceptors (Lipinski definition) is 3. The first-order valence-corrected chi connectivity index (χ1v) is 8.08. The largest absolute Gasteiger partial charge is 0.481 e. The first kappa shape index (κ1) is 16.1. The van der Waals surface area contributed by atoms with E-state index in [1.54, 1.807) is 4.90 Å². The number of likely N-dealkylation sites (N-methyl/N-ethyl adjacent to an activating group) is 1. The summed E-state index contributed by atoms with van der Waals surface area (Å²) in [5.41, 5.74) is 0. The molecule has 2 amide bonds. The average molecular weight is 297 g/mol. The monoisotopic (exact) mass is 297 g/mol. The van der Waals surface area contributed by atoms with Crippen molar-refractivity contribution in [2.75, 3.05) is 32.7 Å². The molecule has 0 spiro atoms. The molecule has 2 rings (SSSR count). The summed E-state index contributed by atoms with van der Waals surface area (Å²) < 4.78 is 0. The van der Waals surface area contributed by atoms with Crippen LogP contribution in [0.25, 0.3) is 0 Å². The van der Waals surface area contributed by atoms with Gasteiger partial charge in [0.05, 0.1) is 0 Å². The van der Waals surface area contributed by atoms with E-state index in [4.69, 9.17) is 5.11 Å². The van der Waals surface area contributed by atoms with Gasteiger partial charge in [0.15, 0.2) is 0 Å². The van der Waals surface area contributed by atoms with Crippen LogP contribution in [0.3, 0.4) is 0 Å². The van der Waals surface area contributed by atoms with Crippen LogP contribution in [-0.4, -0.2) is 65.7 Å². The Morgan fingerprint density at radius 3 is 2.67 bits per heavy atom. The van der Waals surface area contributed by atoms with Gasteiger partial charge in [-0.15, -0.1) is 0 Å². The van der Waals surface area contributed by atoms with Gasteiger partial charge in [0.2, 0.25) is 0 Å². The lowest BCUT2D eigenvalue weighted by Crippen LogP contribution is -2.53. The second kappa shape index (κ2) is 7.64. The summed E-state index contributed by atoms with van der Waals surface area (Å²) >= 11 is 0. The molecule has 0 aromatic heterocycles. The molecule has 120 valence electrons. The van der Waals surface area contributed by atoms with Crippen molar-refractivity contribution >= 4 is 12.0 Å². The van der Waals surface area contributed by atoms with Crippen molar-refractivity contribution in [3.63, 3.8) is 0 Å². The fourth-order valence-corrected chi connectivity index (χ4v) is 3.39. The molecule has 0 aromatic rings. The molecule has 0 saturated carbocycles. The van der Waals surface area contributed by atoms with E-state index in [9.17, 15) is 9.59 Å². The van der Waals surface area contributed by atoms with Crippen molar-refractivity contribution in [2.45, 2.75) is 45.1 Å². The fraction of sp³-hybridized carbons (Fsp3) is 0.867.